The molecule has 2 aromatic rings. The molecule has 0 spiro atoms. The highest BCUT2D eigenvalue weighted by molar-refractivity contribution is 7.99. The molecule has 7 N–H and O–H groups in total. The molecule has 2 aromatic heterocycles. The summed E-state index contributed by atoms with van der Waals surface area (Å²) in [5.74, 6) is -0.452. The maximum absolute atomic E-state index is 10.7. The molecular formula is C13H18N6O5S. The van der Waals surface area contributed by atoms with Crippen LogP contribution in [0.15, 0.2) is 12.7 Å². The van der Waals surface area contributed by atoms with Crippen LogP contribution in [0.4, 0.5) is 5.82 Å². The molecular weight excluding hydrogens is 352 g/mol. The molecule has 0 amide bonds. The summed E-state index contributed by atoms with van der Waals surface area (Å²) < 4.78 is 7.21. The van der Waals surface area contributed by atoms with E-state index in [1.807, 2.05) is 0 Å². The first-order valence-corrected chi connectivity index (χ1v) is 8.56. The van der Waals surface area contributed by atoms with Crippen LogP contribution < -0.4 is 11.5 Å². The molecule has 12 heteroatoms. The number of hydrogen-bond donors (Lipinski definition) is 5. The fraction of sp³-hybridized carbons (Fsp3) is 0.538. The van der Waals surface area contributed by atoms with Crippen LogP contribution in [-0.2, 0) is 9.53 Å². The van der Waals surface area contributed by atoms with Crippen LogP contribution in [0, 0.1) is 0 Å². The molecule has 1 fully saturated rings. The highest BCUT2D eigenvalue weighted by Crippen LogP contribution is 2.33. The Morgan fingerprint density at radius 3 is 2.84 bits per heavy atom. The molecule has 1 aliphatic heterocycles. The monoisotopic (exact) mass is 370 g/mol. The Morgan fingerprint density at radius 1 is 1.36 bits per heavy atom. The number of carboxylic acid groups (broad SMARTS) is 1. The highest BCUT2D eigenvalue weighted by atomic mass is 32.2. The summed E-state index contributed by atoms with van der Waals surface area (Å²) in [7, 11) is 0. The van der Waals surface area contributed by atoms with E-state index in [0.29, 0.717) is 11.2 Å². The largest absolute Gasteiger partial charge is 0.480 e. The van der Waals surface area contributed by atoms with Gasteiger partial charge in [0.2, 0.25) is 0 Å². The number of thioether (sulfide) groups is 1. The lowest BCUT2D eigenvalue weighted by atomic mass is 10.1. The fourth-order valence-electron chi connectivity index (χ4n) is 2.54. The molecule has 1 aliphatic rings. The second-order valence-corrected chi connectivity index (χ2v) is 6.69. The van der Waals surface area contributed by atoms with Gasteiger partial charge >= 0.3 is 5.97 Å². The number of nitrogens with two attached hydrogens (primary N) is 2. The fourth-order valence-corrected chi connectivity index (χ4v) is 3.58. The van der Waals surface area contributed by atoms with Crippen molar-refractivity contribution in [2.75, 3.05) is 17.2 Å². The van der Waals surface area contributed by atoms with Crippen molar-refractivity contribution in [3.05, 3.63) is 12.7 Å². The molecule has 0 saturated carbocycles. The number of fused-ring (bicyclic) bond motifs is 1. The first kappa shape index (κ1) is 17.8. The number of nitrogen functional groups attached to an aromatic ring is 1. The number of aromatic nitrogens is 4. The topological polar surface area (TPSA) is 183 Å². The Kier molecular flexibility index (Phi) is 5.06. The number of aliphatic hydroxyl groups excluding tert-OH is 2. The Balaban J connectivity index is 1.71. The normalized spacial score (nSPS) is 27.6. The van der Waals surface area contributed by atoms with E-state index >= 15 is 0 Å². The van der Waals surface area contributed by atoms with Crippen LogP contribution in [0.2, 0.25) is 0 Å². The number of nitrogens with zero attached hydrogens (tertiary/aromatic N) is 4. The third kappa shape index (κ3) is 3.39. The van der Waals surface area contributed by atoms with Crippen molar-refractivity contribution in [2.24, 2.45) is 5.73 Å². The van der Waals surface area contributed by atoms with E-state index in [0.717, 1.165) is 0 Å². The second-order valence-electron chi connectivity index (χ2n) is 5.61. The van der Waals surface area contributed by atoms with Crippen molar-refractivity contribution in [1.29, 1.82) is 0 Å². The first-order chi connectivity index (χ1) is 11.9. The molecule has 0 unspecified atom stereocenters. The van der Waals surface area contributed by atoms with Gasteiger partial charge in [-0.25, -0.2) is 15.0 Å². The summed E-state index contributed by atoms with van der Waals surface area (Å²) in [5, 5.41) is 29.3. The molecule has 5 atom stereocenters. The number of imidazole rings is 1. The van der Waals surface area contributed by atoms with Crippen LogP contribution in [0.5, 0.6) is 0 Å². The summed E-state index contributed by atoms with van der Waals surface area (Å²) in [6, 6.07) is -0.999. The summed E-state index contributed by atoms with van der Waals surface area (Å²) in [6.07, 6.45) is -1.25. The van der Waals surface area contributed by atoms with Crippen molar-refractivity contribution >= 4 is 34.7 Å². The van der Waals surface area contributed by atoms with Gasteiger partial charge in [0.05, 0.1) is 12.4 Å². The zero-order valence-corrected chi connectivity index (χ0v) is 13.8. The minimum absolute atomic E-state index is 0.167. The quantitative estimate of drug-likeness (QED) is 0.385. The predicted molar refractivity (Wildman–Crippen MR) is 88.6 cm³/mol. The summed E-state index contributed by atoms with van der Waals surface area (Å²) >= 11 is 1.23. The number of carbonyl (C=O) groups is 1. The Labute approximate surface area is 146 Å². The van der Waals surface area contributed by atoms with Crippen LogP contribution in [0.3, 0.4) is 0 Å². The van der Waals surface area contributed by atoms with Crippen molar-refractivity contribution in [3.63, 3.8) is 0 Å². The first-order valence-electron chi connectivity index (χ1n) is 7.41. The molecule has 1 saturated heterocycles. The van der Waals surface area contributed by atoms with Crippen molar-refractivity contribution in [3.8, 4) is 0 Å². The lowest BCUT2D eigenvalue weighted by Gasteiger charge is -2.16. The van der Waals surface area contributed by atoms with Gasteiger partial charge in [0.1, 0.15) is 30.1 Å². The van der Waals surface area contributed by atoms with Gasteiger partial charge in [0.25, 0.3) is 0 Å². The molecule has 3 rings (SSSR count). The van der Waals surface area contributed by atoms with Gasteiger partial charge in [0.15, 0.2) is 17.7 Å². The maximum Gasteiger partial charge on any atom is 0.321 e. The Bertz CT molecular complexity index is 772. The van der Waals surface area contributed by atoms with E-state index in [1.165, 1.54) is 29.0 Å². The highest BCUT2D eigenvalue weighted by Gasteiger charge is 2.44. The number of anilines is 1. The SMILES string of the molecule is Nc1ncnc2c1ncn2[C@@H]1O[C@H](CSC[C@H](N)C(=O)O)[C@H](O)[C@H]1O. The van der Waals surface area contributed by atoms with Crippen molar-refractivity contribution in [2.45, 2.75) is 30.6 Å². The lowest BCUT2D eigenvalue weighted by Crippen LogP contribution is -2.35. The summed E-state index contributed by atoms with van der Waals surface area (Å²) in [4.78, 5) is 22.7. The molecule has 0 bridgehead atoms. The van der Waals surface area contributed by atoms with Crippen LogP contribution in [0.25, 0.3) is 11.2 Å². The Morgan fingerprint density at radius 2 is 2.12 bits per heavy atom. The Hall–Kier alpha value is -1.99. The van der Waals surface area contributed by atoms with Crippen molar-refractivity contribution in [1.82, 2.24) is 19.5 Å². The average molecular weight is 370 g/mol. The minimum atomic E-state index is -1.20. The van der Waals surface area contributed by atoms with E-state index in [1.54, 1.807) is 0 Å². The van der Waals surface area contributed by atoms with Gasteiger partial charge in [-0.3, -0.25) is 9.36 Å². The molecule has 25 heavy (non-hydrogen) atoms. The molecule has 0 aromatic carbocycles. The lowest BCUT2D eigenvalue weighted by molar-refractivity contribution is -0.137. The number of hydrogen-bond acceptors (Lipinski definition) is 10. The number of carboxylic acids is 1. The van der Waals surface area contributed by atoms with E-state index in [4.69, 9.17) is 21.3 Å². The van der Waals surface area contributed by atoms with Gasteiger partial charge in [-0.15, -0.1) is 0 Å². The zero-order chi connectivity index (χ0) is 18.1. The zero-order valence-electron chi connectivity index (χ0n) is 13.0. The number of aliphatic carboxylic acids is 1. The standard InChI is InChI=1S/C13H18N6O5S/c14-5(13(22)23)1-25-2-6-8(20)9(21)12(24-6)19-4-18-7-10(15)16-3-17-11(7)19/h3-6,8-9,12,20-21H,1-2,14H2,(H,22,23)(H2,15,16,17)/t5-,6+,8-,9+,12+/m0/s1. The van der Waals surface area contributed by atoms with E-state index < -0.39 is 36.6 Å². The van der Waals surface area contributed by atoms with Gasteiger partial charge in [0, 0.05) is 11.5 Å². The van der Waals surface area contributed by atoms with Gasteiger partial charge in [-0.05, 0) is 0 Å². The summed E-state index contributed by atoms with van der Waals surface area (Å²) in [6.45, 7) is 0. The molecule has 136 valence electrons. The number of ether oxygens (including phenoxy) is 1. The smallest absolute Gasteiger partial charge is 0.321 e. The molecule has 0 radical (unpaired) electrons. The van der Waals surface area contributed by atoms with Gasteiger partial charge in [-0.1, -0.05) is 0 Å². The second kappa shape index (κ2) is 7.09. The molecule has 11 nitrogen and oxygen atoms in total. The van der Waals surface area contributed by atoms with Gasteiger partial charge in [-0.2, -0.15) is 11.8 Å². The minimum Gasteiger partial charge on any atom is -0.480 e. The third-order valence-corrected chi connectivity index (χ3v) is 5.05. The molecule has 3 heterocycles. The summed E-state index contributed by atoms with van der Waals surface area (Å²) in [5.41, 5.74) is 11.9. The predicted octanol–water partition coefficient (Wildman–Crippen LogP) is -1.83. The third-order valence-electron chi connectivity index (χ3n) is 3.90. The van der Waals surface area contributed by atoms with E-state index in [-0.39, 0.29) is 17.3 Å². The van der Waals surface area contributed by atoms with Crippen LogP contribution >= 0.6 is 11.8 Å². The number of rotatable bonds is 6. The number of aliphatic hydroxyl groups is 2. The average Bonchev–Trinajstić information content (AvgIpc) is 3.12. The van der Waals surface area contributed by atoms with Crippen molar-refractivity contribution < 1.29 is 24.9 Å². The van der Waals surface area contributed by atoms with Crippen LogP contribution in [0.1, 0.15) is 6.23 Å². The van der Waals surface area contributed by atoms with E-state index in [9.17, 15) is 15.0 Å². The van der Waals surface area contributed by atoms with Crippen LogP contribution in [-0.4, -0.2) is 76.7 Å². The van der Waals surface area contributed by atoms with E-state index in [2.05, 4.69) is 15.0 Å². The maximum atomic E-state index is 10.7. The molecule has 0 aliphatic carbocycles. The van der Waals surface area contributed by atoms with Gasteiger partial charge < -0.3 is 31.5 Å².